The Labute approximate surface area is 126 Å². The Hall–Kier alpha value is -1.39. The summed E-state index contributed by atoms with van der Waals surface area (Å²) >= 11 is 0. The van der Waals surface area contributed by atoms with Crippen LogP contribution in [-0.4, -0.2) is 18.0 Å². The van der Waals surface area contributed by atoms with Crippen molar-refractivity contribution in [2.75, 3.05) is 5.32 Å². The molecule has 3 rings (SSSR count). The molecule has 3 N–H and O–H groups in total. The smallest absolute Gasteiger partial charge is 0.243 e. The molecule has 2 fully saturated rings. The summed E-state index contributed by atoms with van der Waals surface area (Å²) in [5.74, 6) is 0.500. The highest BCUT2D eigenvalue weighted by Gasteiger charge is 2.42. The van der Waals surface area contributed by atoms with Crippen LogP contribution in [0.4, 0.5) is 5.69 Å². The average molecular weight is 287 g/mol. The van der Waals surface area contributed by atoms with Gasteiger partial charge in [0.15, 0.2) is 0 Å². The largest absolute Gasteiger partial charge is 0.324 e. The monoisotopic (exact) mass is 287 g/mol. The summed E-state index contributed by atoms with van der Waals surface area (Å²) in [7, 11) is 0. The predicted molar refractivity (Wildman–Crippen MR) is 85.0 cm³/mol. The van der Waals surface area contributed by atoms with Gasteiger partial charge in [0, 0.05) is 17.6 Å². The molecule has 3 unspecified atom stereocenters. The minimum Gasteiger partial charge on any atom is -0.324 e. The average Bonchev–Trinajstić information content (AvgIpc) is 2.99. The van der Waals surface area contributed by atoms with Gasteiger partial charge in [0.25, 0.3) is 0 Å². The molecule has 1 saturated carbocycles. The predicted octanol–water partition coefficient (Wildman–Crippen LogP) is 2.57. The number of hydrogen-bond donors (Lipinski definition) is 3. The minimum atomic E-state index is -0.120. The lowest BCUT2D eigenvalue weighted by Crippen LogP contribution is -2.42. The lowest BCUT2D eigenvalue weighted by Gasteiger charge is -2.24. The molecular formula is C17H25N3O. The Kier molecular flexibility index (Phi) is 3.76. The Morgan fingerprint density at radius 2 is 1.95 bits per heavy atom. The summed E-state index contributed by atoms with van der Waals surface area (Å²) in [6.45, 7) is 6.50. The standard InChI is InChI=1S/C17H25N3O/c1-17(2,3)12-8-4-5-9-14(12)18-16(21)15-11-7-6-10-13(11)19-20-15/h4-5,8-9,11,13,15,19-20H,6-7,10H2,1-3H3,(H,18,21). The van der Waals surface area contributed by atoms with Gasteiger partial charge in [0.2, 0.25) is 5.91 Å². The first kappa shape index (κ1) is 14.5. The van der Waals surface area contributed by atoms with E-state index in [4.69, 9.17) is 0 Å². The molecule has 1 aliphatic heterocycles. The molecule has 4 nitrogen and oxygen atoms in total. The van der Waals surface area contributed by atoms with Crippen molar-refractivity contribution in [2.45, 2.75) is 57.5 Å². The van der Waals surface area contributed by atoms with Gasteiger partial charge in [-0.1, -0.05) is 45.4 Å². The highest BCUT2D eigenvalue weighted by Crippen LogP contribution is 2.33. The molecule has 1 amide bonds. The van der Waals surface area contributed by atoms with E-state index in [1.54, 1.807) is 0 Å². The van der Waals surface area contributed by atoms with Crippen LogP contribution in [0.15, 0.2) is 24.3 Å². The van der Waals surface area contributed by atoms with E-state index in [1.807, 2.05) is 18.2 Å². The molecule has 1 aromatic carbocycles. The van der Waals surface area contributed by atoms with Crippen molar-refractivity contribution in [1.29, 1.82) is 0 Å². The maximum atomic E-state index is 12.6. The third-order valence-corrected chi connectivity index (χ3v) is 4.70. The second kappa shape index (κ2) is 5.43. The fraction of sp³-hybridized carbons (Fsp3) is 0.588. The van der Waals surface area contributed by atoms with Crippen LogP contribution in [0, 0.1) is 5.92 Å². The van der Waals surface area contributed by atoms with E-state index >= 15 is 0 Å². The Morgan fingerprint density at radius 3 is 2.71 bits per heavy atom. The maximum Gasteiger partial charge on any atom is 0.243 e. The second-order valence-electron chi connectivity index (χ2n) is 7.25. The number of para-hydroxylation sites is 1. The zero-order chi connectivity index (χ0) is 15.0. The van der Waals surface area contributed by atoms with Gasteiger partial charge in [-0.05, 0) is 29.9 Å². The van der Waals surface area contributed by atoms with Gasteiger partial charge in [-0.3, -0.25) is 10.2 Å². The van der Waals surface area contributed by atoms with Gasteiger partial charge in [-0.2, -0.15) is 0 Å². The van der Waals surface area contributed by atoms with Crippen molar-refractivity contribution in [3.63, 3.8) is 0 Å². The van der Waals surface area contributed by atoms with Gasteiger partial charge in [-0.25, -0.2) is 5.43 Å². The van der Waals surface area contributed by atoms with Crippen molar-refractivity contribution in [3.8, 4) is 0 Å². The summed E-state index contributed by atoms with van der Waals surface area (Å²) in [5.41, 5.74) is 8.56. The lowest BCUT2D eigenvalue weighted by atomic mass is 9.85. The third kappa shape index (κ3) is 2.83. The van der Waals surface area contributed by atoms with Crippen LogP contribution >= 0.6 is 0 Å². The number of fused-ring (bicyclic) bond motifs is 1. The summed E-state index contributed by atoms with van der Waals surface area (Å²) in [4.78, 5) is 12.6. The first-order chi connectivity index (χ1) is 9.97. The summed E-state index contributed by atoms with van der Waals surface area (Å²) in [6.07, 6.45) is 3.51. The van der Waals surface area contributed by atoms with E-state index in [0.717, 1.165) is 12.1 Å². The van der Waals surface area contributed by atoms with Gasteiger partial charge < -0.3 is 5.32 Å². The van der Waals surface area contributed by atoms with Crippen LogP contribution in [0.5, 0.6) is 0 Å². The van der Waals surface area contributed by atoms with Crippen molar-refractivity contribution in [2.24, 2.45) is 5.92 Å². The van der Waals surface area contributed by atoms with Crippen molar-refractivity contribution in [3.05, 3.63) is 29.8 Å². The van der Waals surface area contributed by atoms with E-state index in [2.05, 4.69) is 43.0 Å². The van der Waals surface area contributed by atoms with Crippen molar-refractivity contribution >= 4 is 11.6 Å². The van der Waals surface area contributed by atoms with E-state index < -0.39 is 0 Å². The lowest BCUT2D eigenvalue weighted by molar-refractivity contribution is -0.118. The van der Waals surface area contributed by atoms with Crippen LogP contribution < -0.4 is 16.2 Å². The SMILES string of the molecule is CC(C)(C)c1ccccc1NC(=O)C1NNC2CCCC21. The van der Waals surface area contributed by atoms with Crippen LogP contribution in [0.1, 0.15) is 45.6 Å². The normalized spacial score (nSPS) is 28.4. The number of anilines is 1. The summed E-state index contributed by atoms with van der Waals surface area (Å²) < 4.78 is 0. The Bertz CT molecular complexity index is 535. The van der Waals surface area contributed by atoms with Crippen LogP contribution in [0.3, 0.4) is 0 Å². The molecule has 2 aliphatic rings. The van der Waals surface area contributed by atoms with Crippen molar-refractivity contribution < 1.29 is 4.79 Å². The van der Waals surface area contributed by atoms with Gasteiger partial charge in [0.05, 0.1) is 0 Å². The summed E-state index contributed by atoms with van der Waals surface area (Å²) in [6, 6.07) is 8.42. The first-order valence-corrected chi connectivity index (χ1v) is 7.88. The van der Waals surface area contributed by atoms with Gasteiger partial charge in [-0.15, -0.1) is 0 Å². The van der Waals surface area contributed by atoms with Crippen LogP contribution in [0.2, 0.25) is 0 Å². The quantitative estimate of drug-likeness (QED) is 0.783. The van der Waals surface area contributed by atoms with E-state index in [1.165, 1.54) is 18.4 Å². The Morgan fingerprint density at radius 1 is 1.19 bits per heavy atom. The number of rotatable bonds is 2. The fourth-order valence-corrected chi connectivity index (χ4v) is 3.59. The highest BCUT2D eigenvalue weighted by molar-refractivity contribution is 5.96. The molecule has 0 radical (unpaired) electrons. The minimum absolute atomic E-state index is 0.0150. The first-order valence-electron chi connectivity index (χ1n) is 7.88. The third-order valence-electron chi connectivity index (χ3n) is 4.70. The molecule has 0 bridgehead atoms. The molecule has 0 aromatic heterocycles. The number of carbonyl (C=O) groups excluding carboxylic acids is 1. The zero-order valence-electron chi connectivity index (χ0n) is 13.1. The number of benzene rings is 1. The number of nitrogens with one attached hydrogen (secondary N) is 3. The second-order valence-corrected chi connectivity index (χ2v) is 7.25. The Balaban J connectivity index is 1.76. The van der Waals surface area contributed by atoms with E-state index in [-0.39, 0.29) is 17.4 Å². The molecule has 0 spiro atoms. The number of amides is 1. The maximum absolute atomic E-state index is 12.6. The van der Waals surface area contributed by atoms with Crippen LogP contribution in [0.25, 0.3) is 0 Å². The molecule has 1 aliphatic carbocycles. The number of hydrazine groups is 1. The summed E-state index contributed by atoms with van der Waals surface area (Å²) in [5, 5.41) is 3.13. The van der Waals surface area contributed by atoms with Crippen LogP contribution in [-0.2, 0) is 10.2 Å². The molecule has 114 valence electrons. The molecule has 1 saturated heterocycles. The fourth-order valence-electron chi connectivity index (χ4n) is 3.59. The molecule has 4 heteroatoms. The molecular weight excluding hydrogens is 262 g/mol. The number of carbonyl (C=O) groups is 1. The molecule has 1 aromatic rings. The molecule has 3 atom stereocenters. The van der Waals surface area contributed by atoms with E-state index in [9.17, 15) is 4.79 Å². The number of hydrogen-bond acceptors (Lipinski definition) is 3. The van der Waals surface area contributed by atoms with E-state index in [0.29, 0.717) is 12.0 Å². The topological polar surface area (TPSA) is 53.2 Å². The molecule has 21 heavy (non-hydrogen) atoms. The van der Waals surface area contributed by atoms with Gasteiger partial charge >= 0.3 is 0 Å². The molecule has 1 heterocycles. The highest BCUT2D eigenvalue weighted by atomic mass is 16.2. The zero-order valence-corrected chi connectivity index (χ0v) is 13.1. The van der Waals surface area contributed by atoms with Gasteiger partial charge in [0.1, 0.15) is 6.04 Å². The van der Waals surface area contributed by atoms with Crippen molar-refractivity contribution in [1.82, 2.24) is 10.9 Å².